The number of allylic oxidation sites excluding steroid dienone is 12. The van der Waals surface area contributed by atoms with Crippen molar-refractivity contribution in [2.45, 2.75) is 0 Å². The molecule has 1 unspecified atom stereocenters. The van der Waals surface area contributed by atoms with E-state index in [2.05, 4.69) is 36.5 Å². The van der Waals surface area contributed by atoms with E-state index in [1.54, 1.807) is 0 Å². The second kappa shape index (κ2) is 3.70. The van der Waals surface area contributed by atoms with Crippen LogP contribution >= 0.6 is 0 Å². The molecule has 1 aromatic carbocycles. The number of hydrogen-bond donors (Lipinski definition) is 0. The summed E-state index contributed by atoms with van der Waals surface area (Å²) in [7, 11) is 0. The quantitative estimate of drug-likeness (QED) is 0.689. The van der Waals surface area contributed by atoms with E-state index in [1.165, 1.54) is 22.3 Å². The highest BCUT2D eigenvalue weighted by Crippen LogP contribution is 2.49. The predicted octanol–water partition coefficient (Wildman–Crippen LogP) is 4.19. The molecule has 0 aromatic heterocycles. The molecule has 1 nitrogen and oxygen atoms in total. The Labute approximate surface area is 123 Å². The number of benzene rings is 1. The number of rotatable bonds is 0. The van der Waals surface area contributed by atoms with E-state index >= 15 is 0 Å². The molecular weight excluding hydrogens is 256 g/mol. The molecule has 0 radical (unpaired) electrons. The van der Waals surface area contributed by atoms with Crippen LogP contribution in [0.25, 0.3) is 5.57 Å². The molecule has 0 heterocycles. The molecule has 0 spiro atoms. The van der Waals surface area contributed by atoms with E-state index in [4.69, 9.17) is 0 Å². The second-order valence-electron chi connectivity index (χ2n) is 5.75. The van der Waals surface area contributed by atoms with Gasteiger partial charge in [-0.25, -0.2) is 0 Å². The molecule has 0 saturated carbocycles. The number of carbonyl (C=O) groups is 1. The molecule has 0 amide bonds. The number of ketones is 1. The molecule has 1 atom stereocenters. The zero-order valence-electron chi connectivity index (χ0n) is 11.3. The number of carbonyl (C=O) groups excluding carboxylic acids is 1. The summed E-state index contributed by atoms with van der Waals surface area (Å²) in [6, 6.07) is 7.89. The van der Waals surface area contributed by atoms with Gasteiger partial charge >= 0.3 is 0 Å². The minimum atomic E-state index is 0.124. The Morgan fingerprint density at radius 1 is 0.857 bits per heavy atom. The van der Waals surface area contributed by atoms with Gasteiger partial charge in [-0.3, -0.25) is 4.79 Å². The van der Waals surface area contributed by atoms with Crippen LogP contribution in [0.2, 0.25) is 0 Å². The second-order valence-corrected chi connectivity index (χ2v) is 5.75. The van der Waals surface area contributed by atoms with Crippen LogP contribution in [0.1, 0.15) is 15.9 Å². The van der Waals surface area contributed by atoms with Crippen LogP contribution in [0.4, 0.5) is 0 Å². The van der Waals surface area contributed by atoms with Gasteiger partial charge in [-0.1, -0.05) is 60.7 Å². The molecule has 0 fully saturated rings. The van der Waals surface area contributed by atoms with E-state index in [9.17, 15) is 4.79 Å². The Morgan fingerprint density at radius 3 is 2.62 bits per heavy atom. The van der Waals surface area contributed by atoms with Gasteiger partial charge < -0.3 is 0 Å². The van der Waals surface area contributed by atoms with Gasteiger partial charge in [0.1, 0.15) is 0 Å². The van der Waals surface area contributed by atoms with Crippen LogP contribution in [0.15, 0.2) is 89.1 Å². The van der Waals surface area contributed by atoms with E-state index < -0.39 is 0 Å². The molecule has 21 heavy (non-hydrogen) atoms. The maximum atomic E-state index is 12.4. The van der Waals surface area contributed by atoms with Crippen LogP contribution in [-0.4, -0.2) is 5.78 Å². The number of hydrogen-bond acceptors (Lipinski definition) is 1. The van der Waals surface area contributed by atoms with E-state index in [-0.39, 0.29) is 11.7 Å². The highest BCUT2D eigenvalue weighted by molar-refractivity contribution is 6.14. The standard InChI is InChI=1S/C20H12O/c21-20-11-19-16(14-5-1-2-6-17(14)20)9-8-15-13-7-3-4-12(13)10-18(15)19/h1-11,18H. The molecule has 0 saturated heterocycles. The van der Waals surface area contributed by atoms with E-state index in [1.807, 2.05) is 30.3 Å². The Balaban J connectivity index is 1.76. The van der Waals surface area contributed by atoms with E-state index in [0.717, 1.165) is 16.7 Å². The lowest BCUT2D eigenvalue weighted by atomic mass is 9.75. The molecule has 0 bridgehead atoms. The topological polar surface area (TPSA) is 17.1 Å². The predicted molar refractivity (Wildman–Crippen MR) is 83.7 cm³/mol. The molecule has 4 aliphatic rings. The first-order valence-corrected chi connectivity index (χ1v) is 7.21. The third kappa shape index (κ3) is 1.33. The van der Waals surface area contributed by atoms with Crippen molar-refractivity contribution < 1.29 is 4.79 Å². The summed E-state index contributed by atoms with van der Waals surface area (Å²) in [4.78, 5) is 12.4. The molecule has 5 rings (SSSR count). The molecular formula is C20H12O. The fourth-order valence-corrected chi connectivity index (χ4v) is 3.73. The average Bonchev–Trinajstić information content (AvgIpc) is 3.08. The lowest BCUT2D eigenvalue weighted by Crippen LogP contribution is -2.16. The maximum Gasteiger partial charge on any atom is 0.186 e. The summed E-state index contributed by atoms with van der Waals surface area (Å²) in [5.74, 6) is 0.354. The first kappa shape index (κ1) is 11.0. The highest BCUT2D eigenvalue weighted by atomic mass is 16.1. The molecule has 0 aliphatic heterocycles. The summed E-state index contributed by atoms with van der Waals surface area (Å²) in [5, 5.41) is 0. The normalized spacial score (nSPS) is 24.1. The summed E-state index contributed by atoms with van der Waals surface area (Å²) < 4.78 is 0. The Bertz CT molecular complexity index is 898. The first-order chi connectivity index (χ1) is 10.3. The fraction of sp³-hybridized carbons (Fsp3) is 0.0500. The van der Waals surface area contributed by atoms with Gasteiger partial charge in [-0.2, -0.15) is 0 Å². The minimum Gasteiger partial charge on any atom is -0.289 e. The summed E-state index contributed by atoms with van der Waals surface area (Å²) >= 11 is 0. The Hall–Kier alpha value is -2.67. The summed E-state index contributed by atoms with van der Waals surface area (Å²) in [6.45, 7) is 0. The van der Waals surface area contributed by atoms with Crippen LogP contribution in [-0.2, 0) is 0 Å². The minimum absolute atomic E-state index is 0.124. The van der Waals surface area contributed by atoms with Crippen molar-refractivity contribution in [3.05, 3.63) is 100 Å². The van der Waals surface area contributed by atoms with Crippen LogP contribution in [0, 0.1) is 5.92 Å². The van der Waals surface area contributed by atoms with Gasteiger partial charge in [0.05, 0.1) is 0 Å². The zero-order chi connectivity index (χ0) is 14.0. The van der Waals surface area contributed by atoms with Crippen molar-refractivity contribution in [2.24, 2.45) is 5.92 Å². The van der Waals surface area contributed by atoms with Gasteiger partial charge in [-0.05, 0) is 39.5 Å². The molecule has 4 aliphatic carbocycles. The van der Waals surface area contributed by atoms with Crippen molar-refractivity contribution in [3.8, 4) is 0 Å². The largest absolute Gasteiger partial charge is 0.289 e. The van der Waals surface area contributed by atoms with Gasteiger partial charge in [0.2, 0.25) is 0 Å². The lowest BCUT2D eigenvalue weighted by Gasteiger charge is -2.27. The van der Waals surface area contributed by atoms with Crippen molar-refractivity contribution >= 4 is 11.4 Å². The highest BCUT2D eigenvalue weighted by Gasteiger charge is 2.35. The third-order valence-electron chi connectivity index (χ3n) is 4.69. The summed E-state index contributed by atoms with van der Waals surface area (Å²) in [5.41, 5.74) is 8.13. The van der Waals surface area contributed by atoms with E-state index in [0.29, 0.717) is 0 Å². The Morgan fingerprint density at radius 2 is 1.71 bits per heavy atom. The Kier molecular flexibility index (Phi) is 1.95. The van der Waals surface area contributed by atoms with Gasteiger partial charge in [0.25, 0.3) is 0 Å². The fourth-order valence-electron chi connectivity index (χ4n) is 3.73. The summed E-state index contributed by atoms with van der Waals surface area (Å²) in [6.07, 6.45) is 14.9. The van der Waals surface area contributed by atoms with Crippen LogP contribution in [0.3, 0.4) is 0 Å². The van der Waals surface area contributed by atoms with Crippen molar-refractivity contribution in [1.82, 2.24) is 0 Å². The molecule has 1 aromatic rings. The molecule has 98 valence electrons. The van der Waals surface area contributed by atoms with Gasteiger partial charge in [0, 0.05) is 11.5 Å². The monoisotopic (exact) mass is 268 g/mol. The van der Waals surface area contributed by atoms with Crippen molar-refractivity contribution in [1.29, 1.82) is 0 Å². The lowest BCUT2D eigenvalue weighted by molar-refractivity contribution is 0.104. The van der Waals surface area contributed by atoms with Gasteiger partial charge in [0.15, 0.2) is 5.78 Å². The van der Waals surface area contributed by atoms with Crippen LogP contribution < -0.4 is 0 Å². The van der Waals surface area contributed by atoms with Gasteiger partial charge in [-0.15, -0.1) is 0 Å². The first-order valence-electron chi connectivity index (χ1n) is 7.21. The van der Waals surface area contributed by atoms with Crippen LogP contribution in [0.5, 0.6) is 0 Å². The zero-order valence-corrected chi connectivity index (χ0v) is 11.3. The maximum absolute atomic E-state index is 12.4. The molecule has 0 N–H and O–H groups in total. The van der Waals surface area contributed by atoms with Crippen molar-refractivity contribution in [3.63, 3.8) is 0 Å². The smallest absolute Gasteiger partial charge is 0.186 e. The third-order valence-corrected chi connectivity index (χ3v) is 4.69. The van der Waals surface area contributed by atoms with Crippen molar-refractivity contribution in [2.75, 3.05) is 0 Å². The SMILES string of the molecule is O=C1C=C2C(=CC=C3C4=CC=CC4=CC32)c2ccccc21. The average molecular weight is 268 g/mol. The number of fused-ring (bicyclic) bond motifs is 7. The molecule has 1 heteroatoms.